The average Bonchev–Trinajstić information content (AvgIpc) is 2.16. The molecule has 0 aliphatic heterocycles. The summed E-state index contributed by atoms with van der Waals surface area (Å²) in [5.41, 5.74) is 4.17. The van der Waals surface area contributed by atoms with E-state index in [4.69, 9.17) is 0 Å². The third kappa shape index (κ3) is 1.95. The molecule has 0 nitrogen and oxygen atoms in total. The van der Waals surface area contributed by atoms with Crippen molar-refractivity contribution in [1.82, 2.24) is 0 Å². The zero-order chi connectivity index (χ0) is 9.97. The van der Waals surface area contributed by atoms with Gasteiger partial charge in [-0.15, -0.1) is 0 Å². The van der Waals surface area contributed by atoms with Crippen molar-refractivity contribution < 1.29 is 0 Å². The Morgan fingerprint density at radius 3 is 2.86 bits per heavy atom. The summed E-state index contributed by atoms with van der Waals surface area (Å²) >= 11 is 0. The van der Waals surface area contributed by atoms with Gasteiger partial charge in [0.1, 0.15) is 0 Å². The Kier molecular flexibility index (Phi) is 2.53. The Morgan fingerprint density at radius 2 is 2.00 bits per heavy atom. The minimum Gasteiger partial charge on any atom is -0.0811 e. The van der Waals surface area contributed by atoms with E-state index in [0.717, 1.165) is 6.42 Å². The second-order valence-corrected chi connectivity index (χ2v) is 4.13. The van der Waals surface area contributed by atoms with Gasteiger partial charge in [-0.1, -0.05) is 55.0 Å². The van der Waals surface area contributed by atoms with Crippen molar-refractivity contribution in [2.24, 2.45) is 5.92 Å². The smallest absolute Gasteiger partial charge is 0.0212 e. The number of rotatable bonds is 0. The van der Waals surface area contributed by atoms with Gasteiger partial charge in [-0.3, -0.25) is 0 Å². The van der Waals surface area contributed by atoms with Crippen molar-refractivity contribution in [1.29, 1.82) is 0 Å². The van der Waals surface area contributed by atoms with E-state index in [2.05, 4.69) is 56.3 Å². The maximum Gasteiger partial charge on any atom is -0.0212 e. The van der Waals surface area contributed by atoms with E-state index < -0.39 is 0 Å². The summed E-state index contributed by atoms with van der Waals surface area (Å²) < 4.78 is 0. The van der Waals surface area contributed by atoms with Crippen molar-refractivity contribution in [2.75, 3.05) is 0 Å². The van der Waals surface area contributed by atoms with Crippen LogP contribution in [-0.4, -0.2) is 0 Å². The molecule has 2 rings (SSSR count). The number of allylic oxidation sites excluding steroid dienone is 3. The first-order valence-electron chi connectivity index (χ1n) is 5.20. The Balaban J connectivity index is 2.49. The van der Waals surface area contributed by atoms with Gasteiger partial charge < -0.3 is 0 Å². The Labute approximate surface area is 86.0 Å². The van der Waals surface area contributed by atoms with Crippen LogP contribution in [-0.2, 0) is 6.42 Å². The molecule has 1 aromatic carbocycles. The first kappa shape index (κ1) is 9.26. The van der Waals surface area contributed by atoms with Gasteiger partial charge in [0.25, 0.3) is 0 Å². The van der Waals surface area contributed by atoms with Crippen LogP contribution in [0.25, 0.3) is 6.08 Å². The van der Waals surface area contributed by atoms with Gasteiger partial charge in [-0.25, -0.2) is 0 Å². The van der Waals surface area contributed by atoms with E-state index in [-0.39, 0.29) is 0 Å². The normalized spacial score (nSPS) is 24.4. The number of hydrogen-bond donors (Lipinski definition) is 0. The molecule has 0 bridgehead atoms. The first-order valence-corrected chi connectivity index (χ1v) is 5.20. The second kappa shape index (κ2) is 3.83. The lowest BCUT2D eigenvalue weighted by Gasteiger charge is -2.12. The molecular formula is C14H16. The van der Waals surface area contributed by atoms with Crippen LogP contribution >= 0.6 is 0 Å². The van der Waals surface area contributed by atoms with Crippen molar-refractivity contribution >= 4 is 6.08 Å². The van der Waals surface area contributed by atoms with Crippen molar-refractivity contribution in [3.8, 4) is 0 Å². The maximum atomic E-state index is 2.29. The van der Waals surface area contributed by atoms with Gasteiger partial charge in [-0.2, -0.15) is 0 Å². The van der Waals surface area contributed by atoms with Crippen LogP contribution in [0.4, 0.5) is 0 Å². The summed E-state index contributed by atoms with van der Waals surface area (Å²) in [6.45, 7) is 4.43. The number of benzene rings is 1. The largest absolute Gasteiger partial charge is 0.0811 e. The summed E-state index contributed by atoms with van der Waals surface area (Å²) in [7, 11) is 0. The van der Waals surface area contributed by atoms with Gasteiger partial charge in [0.2, 0.25) is 0 Å². The maximum absolute atomic E-state index is 2.29. The Hall–Kier alpha value is -1.30. The fourth-order valence-electron chi connectivity index (χ4n) is 1.89. The molecule has 1 aromatic rings. The van der Waals surface area contributed by atoms with Gasteiger partial charge in [0.05, 0.1) is 0 Å². The van der Waals surface area contributed by atoms with E-state index in [1.807, 2.05) is 0 Å². The van der Waals surface area contributed by atoms with Crippen LogP contribution in [0.1, 0.15) is 25.0 Å². The molecule has 1 unspecified atom stereocenters. The van der Waals surface area contributed by atoms with Gasteiger partial charge in [0.15, 0.2) is 0 Å². The van der Waals surface area contributed by atoms with Gasteiger partial charge in [-0.05, 0) is 30.4 Å². The molecule has 72 valence electrons. The van der Waals surface area contributed by atoms with Crippen LogP contribution < -0.4 is 0 Å². The zero-order valence-electron chi connectivity index (χ0n) is 8.83. The van der Waals surface area contributed by atoms with Crippen LogP contribution in [0.15, 0.2) is 42.0 Å². The zero-order valence-corrected chi connectivity index (χ0v) is 8.83. The molecule has 0 heteroatoms. The Morgan fingerprint density at radius 1 is 1.21 bits per heavy atom. The van der Waals surface area contributed by atoms with Crippen LogP contribution in [0.2, 0.25) is 0 Å². The Bertz CT molecular complexity index is 383. The first-order chi connectivity index (χ1) is 6.75. The molecule has 0 radical (unpaired) electrons. The quantitative estimate of drug-likeness (QED) is 0.574. The van der Waals surface area contributed by atoms with Crippen LogP contribution in [0.3, 0.4) is 0 Å². The lowest BCUT2D eigenvalue weighted by Crippen LogP contribution is -2.00. The highest BCUT2D eigenvalue weighted by Crippen LogP contribution is 2.20. The molecule has 0 aromatic heterocycles. The predicted octanol–water partition coefficient (Wildman–Crippen LogP) is 3.84. The molecule has 0 amide bonds. The van der Waals surface area contributed by atoms with E-state index in [1.165, 1.54) is 16.7 Å². The van der Waals surface area contributed by atoms with Gasteiger partial charge >= 0.3 is 0 Å². The van der Waals surface area contributed by atoms with E-state index in [9.17, 15) is 0 Å². The molecule has 0 N–H and O–H groups in total. The SMILES string of the molecule is C/C1=C/c2ccccc2CC(C)C=C1. The molecule has 0 spiro atoms. The summed E-state index contributed by atoms with van der Waals surface area (Å²) in [4.78, 5) is 0. The lowest BCUT2D eigenvalue weighted by molar-refractivity contribution is 0.721. The third-order valence-corrected chi connectivity index (χ3v) is 2.67. The summed E-state index contributed by atoms with van der Waals surface area (Å²) in [6.07, 6.45) is 7.93. The molecule has 0 fully saturated rings. The monoisotopic (exact) mass is 184 g/mol. The lowest BCUT2D eigenvalue weighted by atomic mass is 9.93. The standard InChI is InChI=1S/C14H16/c1-11-7-8-12(2)10-14-6-4-3-5-13(14)9-11/h3-9,12H,10H2,1-2H3/b8-7?,11-9-. The summed E-state index contributed by atoms with van der Waals surface area (Å²) in [5, 5.41) is 0. The highest BCUT2D eigenvalue weighted by molar-refractivity contribution is 5.59. The highest BCUT2D eigenvalue weighted by atomic mass is 14.1. The molecule has 1 atom stereocenters. The molecular weight excluding hydrogens is 168 g/mol. The summed E-state index contributed by atoms with van der Waals surface area (Å²) in [6, 6.07) is 8.66. The average molecular weight is 184 g/mol. The highest BCUT2D eigenvalue weighted by Gasteiger charge is 2.05. The van der Waals surface area contributed by atoms with E-state index in [0.29, 0.717) is 5.92 Å². The van der Waals surface area contributed by atoms with Crippen LogP contribution in [0, 0.1) is 5.92 Å². The van der Waals surface area contributed by atoms with E-state index >= 15 is 0 Å². The predicted molar refractivity (Wildman–Crippen MR) is 62.1 cm³/mol. The molecule has 1 aliphatic rings. The van der Waals surface area contributed by atoms with Gasteiger partial charge in [0, 0.05) is 0 Å². The fourth-order valence-corrected chi connectivity index (χ4v) is 1.89. The molecule has 1 aliphatic carbocycles. The van der Waals surface area contributed by atoms with E-state index in [1.54, 1.807) is 0 Å². The topological polar surface area (TPSA) is 0 Å². The number of hydrogen-bond acceptors (Lipinski definition) is 0. The molecule has 14 heavy (non-hydrogen) atoms. The van der Waals surface area contributed by atoms with Crippen molar-refractivity contribution in [3.05, 3.63) is 53.1 Å². The second-order valence-electron chi connectivity index (χ2n) is 4.13. The number of fused-ring (bicyclic) bond motifs is 1. The van der Waals surface area contributed by atoms with Crippen molar-refractivity contribution in [3.63, 3.8) is 0 Å². The fraction of sp³-hybridized carbons (Fsp3) is 0.286. The molecule has 0 heterocycles. The van der Waals surface area contributed by atoms with Crippen LogP contribution in [0.5, 0.6) is 0 Å². The molecule has 0 saturated carbocycles. The summed E-state index contributed by atoms with van der Waals surface area (Å²) in [5.74, 6) is 0.639. The third-order valence-electron chi connectivity index (χ3n) is 2.67. The van der Waals surface area contributed by atoms with Crippen molar-refractivity contribution in [2.45, 2.75) is 20.3 Å². The minimum absolute atomic E-state index is 0.639. The minimum atomic E-state index is 0.639. The molecule has 0 saturated heterocycles.